The number of rotatable bonds is 4. The van der Waals surface area contributed by atoms with Crippen LogP contribution in [0.4, 0.5) is 11.4 Å². The van der Waals surface area contributed by atoms with E-state index in [0.29, 0.717) is 29.7 Å². The second kappa shape index (κ2) is 5.13. The number of hydrogen-bond acceptors (Lipinski definition) is 4. The van der Waals surface area contributed by atoms with Gasteiger partial charge in [0, 0.05) is 11.7 Å². The van der Waals surface area contributed by atoms with Crippen LogP contribution in [0.25, 0.3) is 0 Å². The lowest BCUT2D eigenvalue weighted by Gasteiger charge is -2.23. The SMILES string of the molecule is CC1Oc2ccc(NC(=O)CNC3CC3)cc2NC1=O. The topological polar surface area (TPSA) is 79.5 Å². The predicted molar refractivity (Wildman–Crippen MR) is 74.8 cm³/mol. The van der Waals surface area contributed by atoms with E-state index in [1.54, 1.807) is 25.1 Å². The molecule has 0 aromatic heterocycles. The zero-order chi connectivity index (χ0) is 14.1. The van der Waals surface area contributed by atoms with Gasteiger partial charge in [-0.3, -0.25) is 9.59 Å². The molecule has 0 bridgehead atoms. The van der Waals surface area contributed by atoms with Gasteiger partial charge in [0.05, 0.1) is 12.2 Å². The molecule has 1 aromatic carbocycles. The molecule has 1 atom stereocenters. The lowest BCUT2D eigenvalue weighted by atomic mass is 10.2. The average Bonchev–Trinajstić information content (AvgIpc) is 3.22. The maximum atomic E-state index is 11.7. The summed E-state index contributed by atoms with van der Waals surface area (Å²) in [6.07, 6.45) is 1.80. The first-order valence-corrected chi connectivity index (χ1v) is 6.76. The highest BCUT2D eigenvalue weighted by atomic mass is 16.5. The van der Waals surface area contributed by atoms with Crippen molar-refractivity contribution in [2.24, 2.45) is 0 Å². The normalized spacial score (nSPS) is 20.6. The fourth-order valence-corrected chi connectivity index (χ4v) is 2.02. The fraction of sp³-hybridized carbons (Fsp3) is 0.429. The molecule has 2 aliphatic rings. The Balaban J connectivity index is 1.64. The van der Waals surface area contributed by atoms with Crippen molar-refractivity contribution in [2.75, 3.05) is 17.2 Å². The quantitative estimate of drug-likeness (QED) is 0.768. The predicted octanol–water partition coefficient (Wildman–Crippen LogP) is 1.10. The van der Waals surface area contributed by atoms with E-state index in [9.17, 15) is 9.59 Å². The van der Waals surface area contributed by atoms with Gasteiger partial charge < -0.3 is 20.7 Å². The molecule has 3 rings (SSSR count). The highest BCUT2D eigenvalue weighted by Crippen LogP contribution is 2.32. The summed E-state index contributed by atoms with van der Waals surface area (Å²) in [7, 11) is 0. The van der Waals surface area contributed by atoms with E-state index in [4.69, 9.17) is 4.74 Å². The number of anilines is 2. The molecule has 3 N–H and O–H groups in total. The van der Waals surface area contributed by atoms with Gasteiger partial charge in [0.15, 0.2) is 6.10 Å². The van der Waals surface area contributed by atoms with Gasteiger partial charge in [0.1, 0.15) is 5.75 Å². The standard InChI is InChI=1S/C14H17N3O3/c1-8-14(19)17-11-6-10(4-5-12(11)20-8)16-13(18)7-15-9-2-3-9/h4-6,8-9,15H,2-3,7H2,1H3,(H,16,18)(H,17,19). The Morgan fingerprint density at radius 3 is 3.00 bits per heavy atom. The van der Waals surface area contributed by atoms with Crippen LogP contribution in [0.5, 0.6) is 5.75 Å². The van der Waals surface area contributed by atoms with Crippen LogP contribution >= 0.6 is 0 Å². The number of amides is 2. The molecule has 106 valence electrons. The molecule has 1 heterocycles. The Labute approximate surface area is 116 Å². The third kappa shape index (κ3) is 2.91. The molecule has 0 saturated heterocycles. The lowest BCUT2D eigenvalue weighted by molar-refractivity contribution is -0.122. The minimum Gasteiger partial charge on any atom is -0.479 e. The van der Waals surface area contributed by atoms with Crippen LogP contribution in [0.2, 0.25) is 0 Å². The first kappa shape index (κ1) is 12.9. The summed E-state index contributed by atoms with van der Waals surface area (Å²) < 4.78 is 5.45. The van der Waals surface area contributed by atoms with E-state index in [1.807, 2.05) is 0 Å². The number of benzene rings is 1. The van der Waals surface area contributed by atoms with E-state index in [1.165, 1.54) is 0 Å². The Morgan fingerprint density at radius 1 is 1.45 bits per heavy atom. The molecule has 0 radical (unpaired) electrons. The Morgan fingerprint density at radius 2 is 2.25 bits per heavy atom. The van der Waals surface area contributed by atoms with Gasteiger partial charge in [-0.1, -0.05) is 0 Å². The highest BCUT2D eigenvalue weighted by molar-refractivity contribution is 5.99. The summed E-state index contributed by atoms with van der Waals surface area (Å²) in [5.74, 6) is 0.343. The molecule has 1 aliphatic carbocycles. The molecule has 2 amide bonds. The second-order valence-corrected chi connectivity index (χ2v) is 5.16. The van der Waals surface area contributed by atoms with Crippen LogP contribution in [0.1, 0.15) is 19.8 Å². The molecular weight excluding hydrogens is 258 g/mol. The summed E-state index contributed by atoms with van der Waals surface area (Å²) in [5.41, 5.74) is 1.23. The maximum Gasteiger partial charge on any atom is 0.265 e. The molecule has 6 nitrogen and oxygen atoms in total. The van der Waals surface area contributed by atoms with E-state index in [2.05, 4.69) is 16.0 Å². The minimum absolute atomic E-state index is 0.0896. The summed E-state index contributed by atoms with van der Waals surface area (Å²) in [6, 6.07) is 5.71. The van der Waals surface area contributed by atoms with Crippen LogP contribution < -0.4 is 20.7 Å². The Hall–Kier alpha value is -2.08. The van der Waals surface area contributed by atoms with E-state index in [-0.39, 0.29) is 11.8 Å². The highest BCUT2D eigenvalue weighted by Gasteiger charge is 2.24. The van der Waals surface area contributed by atoms with Gasteiger partial charge in [0.25, 0.3) is 5.91 Å². The summed E-state index contributed by atoms with van der Waals surface area (Å²) in [5, 5.41) is 8.69. The van der Waals surface area contributed by atoms with Gasteiger partial charge in [0.2, 0.25) is 5.91 Å². The molecule has 1 unspecified atom stereocenters. The fourth-order valence-electron chi connectivity index (χ4n) is 2.02. The van der Waals surface area contributed by atoms with Crippen molar-refractivity contribution in [3.63, 3.8) is 0 Å². The Bertz CT molecular complexity index is 555. The summed E-state index contributed by atoms with van der Waals surface area (Å²) in [4.78, 5) is 23.3. The smallest absolute Gasteiger partial charge is 0.265 e. The largest absolute Gasteiger partial charge is 0.479 e. The second-order valence-electron chi connectivity index (χ2n) is 5.16. The van der Waals surface area contributed by atoms with Gasteiger partial charge >= 0.3 is 0 Å². The first-order chi connectivity index (χ1) is 9.61. The van der Waals surface area contributed by atoms with Gasteiger partial charge in [-0.15, -0.1) is 0 Å². The van der Waals surface area contributed by atoms with Crippen molar-refractivity contribution < 1.29 is 14.3 Å². The van der Waals surface area contributed by atoms with E-state index in [0.717, 1.165) is 12.8 Å². The van der Waals surface area contributed by atoms with Crippen LogP contribution in [0.15, 0.2) is 18.2 Å². The number of carbonyl (C=O) groups excluding carboxylic acids is 2. The van der Waals surface area contributed by atoms with Crippen molar-refractivity contribution in [1.82, 2.24) is 5.32 Å². The first-order valence-electron chi connectivity index (χ1n) is 6.76. The number of ether oxygens (including phenoxy) is 1. The van der Waals surface area contributed by atoms with Crippen LogP contribution in [0, 0.1) is 0 Å². The molecule has 6 heteroatoms. The number of fused-ring (bicyclic) bond motifs is 1. The summed E-state index contributed by atoms with van der Waals surface area (Å²) >= 11 is 0. The molecule has 1 fully saturated rings. The van der Waals surface area contributed by atoms with Crippen molar-refractivity contribution in [3.05, 3.63) is 18.2 Å². The number of carbonyl (C=O) groups is 2. The van der Waals surface area contributed by atoms with Crippen LogP contribution in [-0.4, -0.2) is 30.5 Å². The molecule has 0 spiro atoms. The molecule has 1 aromatic rings. The zero-order valence-electron chi connectivity index (χ0n) is 11.2. The molecule has 20 heavy (non-hydrogen) atoms. The lowest BCUT2D eigenvalue weighted by Crippen LogP contribution is -2.34. The van der Waals surface area contributed by atoms with Crippen molar-refractivity contribution in [2.45, 2.75) is 31.9 Å². The molecule has 1 saturated carbocycles. The van der Waals surface area contributed by atoms with Crippen LogP contribution in [-0.2, 0) is 9.59 Å². The maximum absolute atomic E-state index is 11.7. The third-order valence-electron chi connectivity index (χ3n) is 3.32. The van der Waals surface area contributed by atoms with E-state index >= 15 is 0 Å². The number of hydrogen-bond donors (Lipinski definition) is 3. The monoisotopic (exact) mass is 275 g/mol. The van der Waals surface area contributed by atoms with Gasteiger partial charge in [-0.25, -0.2) is 0 Å². The molecule has 1 aliphatic heterocycles. The van der Waals surface area contributed by atoms with Crippen molar-refractivity contribution >= 4 is 23.2 Å². The van der Waals surface area contributed by atoms with Gasteiger partial charge in [-0.2, -0.15) is 0 Å². The van der Waals surface area contributed by atoms with E-state index < -0.39 is 6.10 Å². The Kier molecular flexibility index (Phi) is 3.31. The molecular formula is C14H17N3O3. The zero-order valence-corrected chi connectivity index (χ0v) is 11.2. The minimum atomic E-state index is -0.495. The third-order valence-corrected chi connectivity index (χ3v) is 3.32. The summed E-state index contributed by atoms with van der Waals surface area (Å²) in [6.45, 7) is 2.00. The van der Waals surface area contributed by atoms with Gasteiger partial charge in [-0.05, 0) is 38.0 Å². The average molecular weight is 275 g/mol. The van der Waals surface area contributed by atoms with Crippen LogP contribution in [0.3, 0.4) is 0 Å². The van der Waals surface area contributed by atoms with Crippen molar-refractivity contribution in [1.29, 1.82) is 0 Å². The van der Waals surface area contributed by atoms with Crippen molar-refractivity contribution in [3.8, 4) is 5.75 Å². The number of nitrogens with one attached hydrogen (secondary N) is 3.